The monoisotopic (exact) mass is 936 g/mol. The Morgan fingerprint density at radius 2 is 1.32 bits per heavy atom. The van der Waals surface area contributed by atoms with Gasteiger partial charge in [0.2, 0.25) is 47.3 Å². The SMILES string of the molecule is C=CCOC(=O)NCCCC[C@H](NC(=O)[C@@H](Cc1ccccc1)NC(=O)[C@H](CO)NC(=O)[C@H](CC(=O)O)NC(=O)CNC(=O)[C@H](CCCN=C(N)N)NC(=O)[C@@H](CS)NC(C)=O)C(N)=O. The van der Waals surface area contributed by atoms with Crippen LogP contribution in [-0.2, 0) is 54.3 Å². The number of aliphatic hydroxyl groups excluding tert-OH is 1. The molecule has 0 fully saturated rings. The second-order valence-corrected chi connectivity index (χ2v) is 14.5. The van der Waals surface area contributed by atoms with Crippen molar-refractivity contribution < 1.29 is 62.9 Å². The number of nitrogens with two attached hydrogens (primary N) is 3. The maximum Gasteiger partial charge on any atom is 0.407 e. The first kappa shape index (κ1) is 56.1. The number of carboxylic acid groups (broad SMARTS) is 1. The van der Waals surface area contributed by atoms with Gasteiger partial charge in [0.1, 0.15) is 42.9 Å². The van der Waals surface area contributed by atoms with Crippen LogP contribution in [0.2, 0.25) is 0 Å². The van der Waals surface area contributed by atoms with Crippen LogP contribution in [0.15, 0.2) is 48.0 Å². The Hall–Kier alpha value is -6.96. The van der Waals surface area contributed by atoms with Gasteiger partial charge in [-0.05, 0) is 37.7 Å². The van der Waals surface area contributed by atoms with Crippen molar-refractivity contribution in [2.45, 2.75) is 88.1 Å². The number of hydrogen-bond acceptors (Lipinski definition) is 14. The fraction of sp³-hybridized carbons (Fsp3) is 0.513. The molecule has 0 saturated heterocycles. The average Bonchev–Trinajstić information content (AvgIpc) is 3.25. The summed E-state index contributed by atoms with van der Waals surface area (Å²) in [5.41, 5.74) is 16.8. The third-order valence-electron chi connectivity index (χ3n) is 8.82. The third kappa shape index (κ3) is 23.9. The fourth-order valence-corrected chi connectivity index (χ4v) is 5.87. The van der Waals surface area contributed by atoms with Crippen LogP contribution < -0.4 is 59.7 Å². The number of thiol groups is 1. The second kappa shape index (κ2) is 31.0. The summed E-state index contributed by atoms with van der Waals surface area (Å²) in [4.78, 5) is 130. The quantitative estimate of drug-likeness (QED) is 0.0109. The van der Waals surface area contributed by atoms with E-state index < -0.39 is 115 Å². The number of ether oxygens (including phenoxy) is 1. The molecule has 0 spiro atoms. The van der Waals surface area contributed by atoms with Gasteiger partial charge in [-0.3, -0.25) is 48.1 Å². The molecule has 6 atom stereocenters. The molecule has 25 nitrogen and oxygen atoms in total. The third-order valence-corrected chi connectivity index (χ3v) is 9.19. The molecular weight excluding hydrogens is 877 g/mol. The van der Waals surface area contributed by atoms with Crippen molar-refractivity contribution in [1.82, 2.24) is 42.5 Å². The molecule has 1 rings (SSSR count). The second-order valence-electron chi connectivity index (χ2n) is 14.1. The number of guanidine groups is 1. The Balaban J connectivity index is 3.09. The number of carbonyl (C=O) groups is 10. The maximum atomic E-state index is 13.6. The van der Waals surface area contributed by atoms with Gasteiger partial charge in [-0.1, -0.05) is 43.0 Å². The number of unbranched alkanes of at least 4 members (excludes halogenated alkanes) is 1. The minimum absolute atomic E-state index is 0.0141. The number of primary amides is 1. The molecule has 0 aliphatic carbocycles. The highest BCUT2D eigenvalue weighted by Gasteiger charge is 2.32. The van der Waals surface area contributed by atoms with Crippen LogP contribution in [0.25, 0.3) is 0 Å². The van der Waals surface area contributed by atoms with E-state index in [0.717, 1.165) is 0 Å². The number of amides is 9. The summed E-state index contributed by atoms with van der Waals surface area (Å²) < 4.78 is 4.82. The molecule has 65 heavy (non-hydrogen) atoms. The van der Waals surface area contributed by atoms with E-state index in [0.29, 0.717) is 18.4 Å². The topological polar surface area (TPSA) is 407 Å². The molecule has 360 valence electrons. The number of aliphatic imine (C=N–C) groups is 1. The van der Waals surface area contributed by atoms with Crippen molar-refractivity contribution in [3.8, 4) is 0 Å². The van der Waals surface area contributed by atoms with Crippen molar-refractivity contribution in [3.63, 3.8) is 0 Å². The molecule has 0 unspecified atom stereocenters. The fourth-order valence-electron chi connectivity index (χ4n) is 5.61. The first-order valence-electron chi connectivity index (χ1n) is 20.2. The molecule has 1 aromatic rings. The van der Waals surface area contributed by atoms with E-state index in [1.165, 1.54) is 13.0 Å². The van der Waals surface area contributed by atoms with Gasteiger partial charge in [0, 0.05) is 32.2 Å². The summed E-state index contributed by atoms with van der Waals surface area (Å²) in [5, 5.41) is 38.5. The first-order chi connectivity index (χ1) is 30.8. The molecule has 0 bridgehead atoms. The van der Waals surface area contributed by atoms with E-state index in [-0.39, 0.29) is 57.1 Å². The van der Waals surface area contributed by atoms with E-state index in [2.05, 4.69) is 66.7 Å². The normalized spacial score (nSPS) is 13.3. The van der Waals surface area contributed by atoms with Gasteiger partial charge in [0.25, 0.3) is 0 Å². The van der Waals surface area contributed by atoms with Crippen molar-refractivity contribution in [2.24, 2.45) is 22.2 Å². The van der Waals surface area contributed by atoms with Gasteiger partial charge in [-0.2, -0.15) is 12.6 Å². The number of hydrogen-bond donors (Lipinski definition) is 14. The van der Waals surface area contributed by atoms with Crippen molar-refractivity contribution in [1.29, 1.82) is 0 Å². The van der Waals surface area contributed by atoms with E-state index >= 15 is 0 Å². The summed E-state index contributed by atoms with van der Waals surface area (Å²) in [5.74, 6) is -9.28. The highest BCUT2D eigenvalue weighted by atomic mass is 32.1. The van der Waals surface area contributed by atoms with Crippen molar-refractivity contribution >= 4 is 77.9 Å². The zero-order chi connectivity index (χ0) is 48.9. The van der Waals surface area contributed by atoms with Crippen LogP contribution in [0.4, 0.5) is 4.79 Å². The highest BCUT2D eigenvalue weighted by Crippen LogP contribution is 2.08. The van der Waals surface area contributed by atoms with Gasteiger partial charge >= 0.3 is 12.1 Å². The molecule has 0 saturated carbocycles. The Morgan fingerprint density at radius 3 is 1.91 bits per heavy atom. The molecule has 0 aromatic heterocycles. The number of benzene rings is 1. The van der Waals surface area contributed by atoms with Gasteiger partial charge in [-0.25, -0.2) is 4.79 Å². The minimum atomic E-state index is -1.87. The van der Waals surface area contributed by atoms with E-state index in [4.69, 9.17) is 21.9 Å². The van der Waals surface area contributed by atoms with E-state index in [1.807, 2.05) is 0 Å². The lowest BCUT2D eigenvalue weighted by molar-refractivity contribution is -0.141. The molecule has 16 N–H and O–H groups in total. The zero-order valence-corrected chi connectivity index (χ0v) is 36.7. The van der Waals surface area contributed by atoms with Crippen LogP contribution in [0, 0.1) is 0 Å². The van der Waals surface area contributed by atoms with Crippen LogP contribution in [-0.4, -0.2) is 150 Å². The molecule has 9 amide bonds. The lowest BCUT2D eigenvalue weighted by Crippen LogP contribution is -2.60. The molecule has 0 radical (unpaired) electrons. The largest absolute Gasteiger partial charge is 0.481 e. The Bertz CT molecular complexity index is 1840. The highest BCUT2D eigenvalue weighted by molar-refractivity contribution is 7.80. The number of aliphatic hydroxyl groups is 1. The summed E-state index contributed by atoms with van der Waals surface area (Å²) in [6.07, 6.45) is 0.462. The van der Waals surface area contributed by atoms with E-state index in [9.17, 15) is 58.2 Å². The first-order valence-corrected chi connectivity index (χ1v) is 20.8. The molecule has 0 aliphatic rings. The molecule has 26 heteroatoms. The Kier molecular flexibility index (Phi) is 26.7. The average molecular weight is 937 g/mol. The Labute approximate surface area is 380 Å². The summed E-state index contributed by atoms with van der Waals surface area (Å²) in [6.45, 7) is 2.99. The smallest absolute Gasteiger partial charge is 0.407 e. The van der Waals surface area contributed by atoms with Gasteiger partial charge < -0.3 is 74.7 Å². The minimum Gasteiger partial charge on any atom is -0.481 e. The van der Waals surface area contributed by atoms with Crippen LogP contribution in [0.3, 0.4) is 0 Å². The van der Waals surface area contributed by atoms with Gasteiger partial charge in [0.15, 0.2) is 5.96 Å². The number of nitrogens with zero attached hydrogens (tertiary/aromatic N) is 1. The summed E-state index contributed by atoms with van der Waals surface area (Å²) in [7, 11) is 0. The number of rotatable bonds is 31. The van der Waals surface area contributed by atoms with Crippen molar-refractivity contribution in [2.75, 3.05) is 38.6 Å². The number of aliphatic carboxylic acids is 1. The van der Waals surface area contributed by atoms with Crippen LogP contribution in [0.5, 0.6) is 0 Å². The van der Waals surface area contributed by atoms with Crippen LogP contribution >= 0.6 is 12.6 Å². The molecule has 0 heterocycles. The molecule has 1 aromatic carbocycles. The molecular formula is C39H60N12O13S. The van der Waals surface area contributed by atoms with Gasteiger partial charge in [-0.15, -0.1) is 0 Å². The predicted octanol–water partition coefficient (Wildman–Crippen LogP) is -4.71. The summed E-state index contributed by atoms with van der Waals surface area (Å²) >= 11 is 4.04. The van der Waals surface area contributed by atoms with Gasteiger partial charge in [0.05, 0.1) is 19.6 Å². The van der Waals surface area contributed by atoms with Crippen LogP contribution in [0.1, 0.15) is 51.0 Å². The zero-order valence-electron chi connectivity index (χ0n) is 35.8. The lowest BCUT2D eigenvalue weighted by Gasteiger charge is -2.25. The van der Waals surface area contributed by atoms with Crippen molar-refractivity contribution in [3.05, 3.63) is 48.6 Å². The number of nitrogens with one attached hydrogen (secondary N) is 8. The Morgan fingerprint density at radius 1 is 0.738 bits per heavy atom. The lowest BCUT2D eigenvalue weighted by atomic mass is 10.0. The number of alkyl carbamates (subject to hydrolysis) is 1. The number of carbonyl (C=O) groups excluding carboxylic acids is 9. The summed E-state index contributed by atoms with van der Waals surface area (Å²) in [6, 6.07) is -0.348. The molecule has 0 aliphatic heterocycles. The standard InChI is InChI=1S/C39H60N12O13S/c1-3-16-64-39(63)44-14-8-7-12-24(32(40)57)48-34(59)26(17-23-10-5-4-6-11-23)50-36(61)28(20-52)51-35(60)27(18-31(55)56)47-30(54)19-45-33(58)25(13-9-15-43-38(41)42)49-37(62)29(21-65)46-22(2)53/h3-6,10-11,24-29,52,65H,1,7-9,12-21H2,2H3,(H2,40,57)(H,44,63)(H,45,58)(H,46,53)(H,47,54)(H,48,59)(H,49,62)(H,50,61)(H,51,60)(H,55,56)(H4,41,42,43)/t24-,25-,26+,27-,28-,29+/m0/s1. The maximum absolute atomic E-state index is 13.6. The van der Waals surface area contributed by atoms with E-state index in [1.54, 1.807) is 30.3 Å². The number of carboxylic acids is 1. The predicted molar refractivity (Wildman–Crippen MR) is 236 cm³/mol.